The van der Waals surface area contributed by atoms with Crippen molar-refractivity contribution in [1.82, 2.24) is 5.32 Å². The molecule has 0 aromatic heterocycles. The first-order valence-corrected chi connectivity index (χ1v) is 33.1. The molecule has 0 aromatic carbocycles. The minimum Gasteiger partial charge on any atom is -0.387 e. The van der Waals surface area contributed by atoms with Crippen molar-refractivity contribution < 1.29 is 32.9 Å². The number of nitrogens with one attached hydrogen (secondary N) is 1. The molecule has 0 aliphatic carbocycles. The van der Waals surface area contributed by atoms with E-state index in [9.17, 15) is 19.4 Å². The monoisotopic (exact) mass is 1100 g/mol. The van der Waals surface area contributed by atoms with Gasteiger partial charge in [-0.3, -0.25) is 13.8 Å². The Bertz CT molecular complexity index is 1730. The Hall–Kier alpha value is -3.36. The van der Waals surface area contributed by atoms with E-state index >= 15 is 0 Å². The summed E-state index contributed by atoms with van der Waals surface area (Å²) >= 11 is 0. The summed E-state index contributed by atoms with van der Waals surface area (Å²) in [6, 6.07) is -0.871. The molecule has 3 unspecified atom stereocenters. The van der Waals surface area contributed by atoms with Gasteiger partial charge in [0.25, 0.3) is 0 Å². The van der Waals surface area contributed by atoms with Crippen LogP contribution in [0.1, 0.15) is 245 Å². The number of carbonyl (C=O) groups is 1. The van der Waals surface area contributed by atoms with Gasteiger partial charge in [0, 0.05) is 6.42 Å². The van der Waals surface area contributed by atoms with E-state index < -0.39 is 20.0 Å². The van der Waals surface area contributed by atoms with E-state index in [1.54, 1.807) is 6.08 Å². The molecule has 0 radical (unpaired) electrons. The van der Waals surface area contributed by atoms with E-state index in [1.807, 2.05) is 27.2 Å². The normalized spacial score (nSPS) is 14.7. The Kier molecular flexibility index (Phi) is 55.8. The molecule has 3 N–H and O–H groups in total. The zero-order chi connectivity index (χ0) is 57.0. The number of hydrogen-bond donors (Lipinski definition) is 3. The van der Waals surface area contributed by atoms with E-state index in [0.717, 1.165) is 116 Å². The lowest BCUT2D eigenvalue weighted by Crippen LogP contribution is -2.45. The lowest BCUT2D eigenvalue weighted by Gasteiger charge is -2.25. The van der Waals surface area contributed by atoms with Gasteiger partial charge in [-0.1, -0.05) is 276 Å². The van der Waals surface area contributed by atoms with Crippen LogP contribution in [0, 0.1) is 0 Å². The molecule has 0 rings (SSSR count). The second-order valence-corrected chi connectivity index (χ2v) is 23.5. The fourth-order valence-electron chi connectivity index (χ4n) is 8.48. The number of carbonyl (C=O) groups excluding carboxylic acids is 1. The third-order valence-electron chi connectivity index (χ3n) is 13.4. The number of hydrogen-bond acceptors (Lipinski definition) is 5. The average Bonchev–Trinajstić information content (AvgIpc) is 3.41. The van der Waals surface area contributed by atoms with Crippen molar-refractivity contribution in [2.75, 3.05) is 40.9 Å². The molecule has 1 amide bonds. The molecule has 0 aliphatic rings. The molecule has 0 saturated carbocycles. The van der Waals surface area contributed by atoms with Gasteiger partial charge < -0.3 is 19.8 Å². The van der Waals surface area contributed by atoms with Gasteiger partial charge in [0.2, 0.25) is 5.91 Å². The van der Waals surface area contributed by atoms with Crippen molar-refractivity contribution in [3.05, 3.63) is 134 Å². The largest absolute Gasteiger partial charge is 0.472 e. The molecule has 0 aliphatic heterocycles. The molecular weight excluding hydrogens is 984 g/mol. The lowest BCUT2D eigenvalue weighted by atomic mass is 10.0. The molecule has 0 fully saturated rings. The van der Waals surface area contributed by atoms with Gasteiger partial charge >= 0.3 is 7.82 Å². The number of nitrogens with zero attached hydrogens (tertiary/aromatic N) is 1. The van der Waals surface area contributed by atoms with Crippen molar-refractivity contribution in [2.45, 2.75) is 257 Å². The molecule has 0 bridgehead atoms. The van der Waals surface area contributed by atoms with E-state index in [2.05, 4.69) is 141 Å². The number of quaternary nitrogens is 1. The van der Waals surface area contributed by atoms with Crippen molar-refractivity contribution in [1.29, 1.82) is 0 Å². The lowest BCUT2D eigenvalue weighted by molar-refractivity contribution is -0.870. The number of aliphatic hydroxyl groups is 1. The van der Waals surface area contributed by atoms with Gasteiger partial charge in [0.05, 0.1) is 39.9 Å². The minimum atomic E-state index is -4.37. The second kappa shape index (κ2) is 58.3. The maximum atomic E-state index is 13.0. The van der Waals surface area contributed by atoms with E-state index in [-0.39, 0.29) is 19.1 Å². The van der Waals surface area contributed by atoms with Crippen LogP contribution < -0.4 is 5.32 Å². The number of allylic oxidation sites excluding steroid dienone is 21. The zero-order valence-electron chi connectivity index (χ0n) is 50.9. The van der Waals surface area contributed by atoms with Crippen LogP contribution in [-0.2, 0) is 18.4 Å². The molecule has 78 heavy (non-hydrogen) atoms. The quantitative estimate of drug-likeness (QED) is 0.0243. The summed E-state index contributed by atoms with van der Waals surface area (Å²) in [5.74, 6) is -0.205. The first-order valence-electron chi connectivity index (χ1n) is 31.6. The fourth-order valence-corrected chi connectivity index (χ4v) is 9.22. The van der Waals surface area contributed by atoms with Crippen molar-refractivity contribution in [2.24, 2.45) is 0 Å². The molecule has 0 spiro atoms. The number of likely N-dealkylation sites (N-methyl/N-ethyl adjacent to an activating group) is 1. The fraction of sp³-hybridized carbons (Fsp3) is 0.667. The van der Waals surface area contributed by atoms with Crippen LogP contribution in [0.25, 0.3) is 0 Å². The molecule has 8 nitrogen and oxygen atoms in total. The maximum Gasteiger partial charge on any atom is 0.472 e. The Labute approximate surface area is 481 Å². The highest BCUT2D eigenvalue weighted by molar-refractivity contribution is 7.47. The number of phosphoric acid groups is 1. The highest BCUT2D eigenvalue weighted by Gasteiger charge is 2.27. The van der Waals surface area contributed by atoms with Crippen LogP contribution in [0.15, 0.2) is 134 Å². The smallest absolute Gasteiger partial charge is 0.387 e. The van der Waals surface area contributed by atoms with Crippen LogP contribution in [0.3, 0.4) is 0 Å². The van der Waals surface area contributed by atoms with Crippen molar-refractivity contribution in [3.63, 3.8) is 0 Å². The SMILES string of the molecule is CC/C=C\C/C=C\C/C=C\C/C=C\C/C=C\C/C=C\C/C=C\C/C=C\C/C=C\C/C=C\CCCCCCC(=O)NC(COP(=O)(O)OCC[N+](C)(C)C)C(O)/C=C/CCCCCCCCCCCCCCCCCCCCC. The summed E-state index contributed by atoms with van der Waals surface area (Å²) in [5, 5.41) is 13.9. The number of aliphatic hydroxyl groups excluding tert-OH is 1. The Morgan fingerprint density at radius 3 is 1.13 bits per heavy atom. The Balaban J connectivity index is 4.27. The minimum absolute atomic E-state index is 0.0493. The predicted molar refractivity (Wildman–Crippen MR) is 341 cm³/mol. The topological polar surface area (TPSA) is 105 Å². The molecular formula is C69H120N2O6P+. The van der Waals surface area contributed by atoms with Crippen molar-refractivity contribution in [3.8, 4) is 0 Å². The average molecular weight is 1100 g/mol. The van der Waals surface area contributed by atoms with Crippen LogP contribution in [0.5, 0.6) is 0 Å². The van der Waals surface area contributed by atoms with Gasteiger partial charge in [-0.15, -0.1) is 0 Å². The summed E-state index contributed by atoms with van der Waals surface area (Å²) in [6.45, 7) is 4.68. The summed E-state index contributed by atoms with van der Waals surface area (Å²) in [4.78, 5) is 23.3. The summed E-state index contributed by atoms with van der Waals surface area (Å²) in [7, 11) is 1.54. The number of rotatable bonds is 56. The van der Waals surface area contributed by atoms with E-state index in [1.165, 1.54) is 109 Å². The summed E-state index contributed by atoms with van der Waals surface area (Å²) in [6.07, 6.45) is 88.5. The molecule has 3 atom stereocenters. The van der Waals surface area contributed by atoms with Gasteiger partial charge in [-0.25, -0.2) is 4.57 Å². The van der Waals surface area contributed by atoms with Gasteiger partial charge in [0.15, 0.2) is 0 Å². The number of phosphoric ester groups is 1. The Morgan fingerprint density at radius 1 is 0.449 bits per heavy atom. The standard InChI is InChI=1S/C69H119N2O6P/c1-6-8-10-12-14-16-18-20-22-24-26-28-29-30-31-32-33-34-35-36-37-38-39-40-41-43-45-47-49-51-53-55-57-59-61-63-69(73)70-67(66-77-78(74,75)76-65-64-71(3,4)5)68(72)62-60-58-56-54-52-50-48-46-44-42-27-25-23-21-19-17-15-13-11-9-7-2/h8,10,14,16,20,22,26,28,30-31,33-34,36-37,39-40,43,45,49,51,60,62,67-68,72H,6-7,9,11-13,15,17-19,21,23-25,27,29,32,35,38,41-42,44,46-48,50,52-59,61,63-66H2,1-5H3,(H-,70,73,74,75)/p+1/b10-8-,16-14-,22-20-,28-26-,31-30-,34-33-,37-36-,40-39-,45-43-,51-49-,62-60+. The molecule has 446 valence electrons. The van der Waals surface area contributed by atoms with E-state index in [0.29, 0.717) is 17.4 Å². The van der Waals surface area contributed by atoms with Crippen LogP contribution in [0.4, 0.5) is 0 Å². The van der Waals surface area contributed by atoms with Gasteiger partial charge in [-0.05, 0) is 96.3 Å². The van der Waals surface area contributed by atoms with Crippen LogP contribution in [-0.4, -0.2) is 73.4 Å². The number of unbranched alkanes of at least 4 members (excludes halogenated alkanes) is 23. The van der Waals surface area contributed by atoms with Crippen LogP contribution >= 0.6 is 7.82 Å². The predicted octanol–water partition coefficient (Wildman–Crippen LogP) is 19.9. The highest BCUT2D eigenvalue weighted by Crippen LogP contribution is 2.43. The molecule has 0 aromatic rings. The first-order chi connectivity index (χ1) is 38.0. The Morgan fingerprint density at radius 2 is 0.769 bits per heavy atom. The second-order valence-electron chi connectivity index (χ2n) is 22.1. The first kappa shape index (κ1) is 74.6. The summed E-state index contributed by atoms with van der Waals surface area (Å²) < 4.78 is 23.7. The van der Waals surface area contributed by atoms with E-state index in [4.69, 9.17) is 9.05 Å². The molecule has 9 heteroatoms. The highest BCUT2D eigenvalue weighted by atomic mass is 31.2. The van der Waals surface area contributed by atoms with Gasteiger partial charge in [0.1, 0.15) is 13.2 Å². The van der Waals surface area contributed by atoms with Crippen LogP contribution in [0.2, 0.25) is 0 Å². The molecule has 0 saturated heterocycles. The third-order valence-corrected chi connectivity index (χ3v) is 14.4. The van der Waals surface area contributed by atoms with Crippen molar-refractivity contribution >= 4 is 13.7 Å². The third kappa shape index (κ3) is 60.3. The number of amides is 1. The maximum absolute atomic E-state index is 13.0. The zero-order valence-corrected chi connectivity index (χ0v) is 51.7. The van der Waals surface area contributed by atoms with Gasteiger partial charge in [-0.2, -0.15) is 0 Å². The summed E-state index contributed by atoms with van der Waals surface area (Å²) in [5.41, 5.74) is 0. The molecule has 0 heterocycles.